The molecule has 2 N–H and O–H groups in total. The van der Waals surface area contributed by atoms with Crippen molar-refractivity contribution in [2.75, 3.05) is 6.54 Å². The van der Waals surface area contributed by atoms with E-state index < -0.39 is 0 Å². The van der Waals surface area contributed by atoms with Gasteiger partial charge in [-0.3, -0.25) is 0 Å². The summed E-state index contributed by atoms with van der Waals surface area (Å²) in [5.41, 5.74) is 6.85. The van der Waals surface area contributed by atoms with Gasteiger partial charge in [0, 0.05) is 27.4 Å². The van der Waals surface area contributed by atoms with Crippen molar-refractivity contribution < 1.29 is 4.52 Å². The largest absolute Gasteiger partial charge is 0.332 e. The van der Waals surface area contributed by atoms with Crippen molar-refractivity contribution in [3.8, 4) is 23.0 Å². The number of thiazole rings is 1. The van der Waals surface area contributed by atoms with Gasteiger partial charge in [-0.1, -0.05) is 28.4 Å². The fourth-order valence-corrected chi connectivity index (χ4v) is 3.09. The van der Waals surface area contributed by atoms with Gasteiger partial charge in [-0.15, -0.1) is 11.3 Å². The summed E-state index contributed by atoms with van der Waals surface area (Å²) in [7, 11) is 0. The molecule has 0 bridgehead atoms. The van der Waals surface area contributed by atoms with Crippen LogP contribution in [-0.2, 0) is 6.42 Å². The monoisotopic (exact) mass is 340 g/mol. The Kier molecular flexibility index (Phi) is 4.21. The van der Waals surface area contributed by atoms with Gasteiger partial charge >= 0.3 is 0 Å². The molecule has 2 aromatic heterocycles. The van der Waals surface area contributed by atoms with Gasteiger partial charge in [0.25, 0.3) is 5.89 Å². The fourth-order valence-electron chi connectivity index (χ4n) is 1.78. The summed E-state index contributed by atoms with van der Waals surface area (Å²) in [6.07, 6.45) is 0.732. The second-order valence-corrected chi connectivity index (χ2v) is 6.06. The molecule has 0 saturated heterocycles. The fraction of sp³-hybridized carbons (Fsp3) is 0.154. The Hall–Kier alpha value is -1.47. The minimum Gasteiger partial charge on any atom is -0.332 e. The molecule has 0 fully saturated rings. The molecule has 2 heterocycles. The van der Waals surface area contributed by atoms with Gasteiger partial charge in [-0.25, -0.2) is 4.98 Å². The van der Waals surface area contributed by atoms with Crippen molar-refractivity contribution in [3.63, 3.8) is 0 Å². The first kappa shape index (κ1) is 14.5. The van der Waals surface area contributed by atoms with E-state index in [2.05, 4.69) is 15.1 Å². The maximum absolute atomic E-state index is 5.97. The lowest BCUT2D eigenvalue weighted by Crippen LogP contribution is -2.01. The van der Waals surface area contributed by atoms with E-state index in [4.69, 9.17) is 33.5 Å². The molecule has 0 aliphatic rings. The highest BCUT2D eigenvalue weighted by Gasteiger charge is 2.14. The molecule has 5 nitrogen and oxygen atoms in total. The van der Waals surface area contributed by atoms with E-state index in [1.165, 1.54) is 11.3 Å². The average molecular weight is 341 g/mol. The summed E-state index contributed by atoms with van der Waals surface area (Å²) in [5, 5.41) is 7.78. The molecule has 0 radical (unpaired) electrons. The van der Waals surface area contributed by atoms with Crippen LogP contribution < -0.4 is 5.73 Å². The molecule has 0 spiro atoms. The number of halogens is 2. The topological polar surface area (TPSA) is 77.8 Å². The minimum atomic E-state index is 0.362. The number of rotatable bonds is 4. The van der Waals surface area contributed by atoms with Gasteiger partial charge in [0.05, 0.1) is 5.01 Å². The van der Waals surface area contributed by atoms with E-state index in [0.29, 0.717) is 39.6 Å². The Labute approximate surface area is 134 Å². The first-order valence-electron chi connectivity index (χ1n) is 6.11. The Bertz CT molecular complexity index is 751. The highest BCUT2D eigenvalue weighted by atomic mass is 35.5. The third kappa shape index (κ3) is 3.24. The van der Waals surface area contributed by atoms with E-state index in [1.807, 2.05) is 5.38 Å². The van der Waals surface area contributed by atoms with Crippen molar-refractivity contribution >= 4 is 34.5 Å². The van der Waals surface area contributed by atoms with Gasteiger partial charge in [0.2, 0.25) is 5.82 Å². The Morgan fingerprint density at radius 1 is 1.14 bits per heavy atom. The van der Waals surface area contributed by atoms with Crippen LogP contribution in [0.2, 0.25) is 10.0 Å². The average Bonchev–Trinajstić information content (AvgIpc) is 3.06. The van der Waals surface area contributed by atoms with E-state index in [0.717, 1.165) is 11.4 Å². The quantitative estimate of drug-likeness (QED) is 0.783. The van der Waals surface area contributed by atoms with E-state index in [1.54, 1.807) is 18.2 Å². The van der Waals surface area contributed by atoms with Crippen LogP contribution in [0, 0.1) is 0 Å². The molecule has 8 heteroatoms. The zero-order chi connectivity index (χ0) is 14.8. The smallest absolute Gasteiger partial charge is 0.277 e. The molecule has 0 unspecified atom stereocenters. The third-order valence-corrected chi connectivity index (χ3v) is 4.02. The molecule has 0 aliphatic carbocycles. The predicted molar refractivity (Wildman–Crippen MR) is 83.6 cm³/mol. The van der Waals surface area contributed by atoms with Crippen molar-refractivity contribution in [2.45, 2.75) is 6.42 Å². The van der Waals surface area contributed by atoms with E-state index in [9.17, 15) is 0 Å². The molecule has 108 valence electrons. The SMILES string of the molecule is NCCc1nc(-c2nc(-c3cc(Cl)cc(Cl)c3)no2)cs1. The maximum Gasteiger partial charge on any atom is 0.277 e. The molecule has 0 atom stereocenters. The zero-order valence-corrected chi connectivity index (χ0v) is 13.0. The first-order valence-corrected chi connectivity index (χ1v) is 7.74. The summed E-state index contributed by atoms with van der Waals surface area (Å²) in [6.45, 7) is 0.559. The lowest BCUT2D eigenvalue weighted by molar-refractivity contribution is 0.431. The van der Waals surface area contributed by atoms with Gasteiger partial charge in [0.15, 0.2) is 0 Å². The molecule has 3 rings (SSSR count). The van der Waals surface area contributed by atoms with Crippen LogP contribution in [-0.4, -0.2) is 21.7 Å². The summed E-state index contributed by atoms with van der Waals surface area (Å²) in [4.78, 5) is 8.73. The summed E-state index contributed by atoms with van der Waals surface area (Å²) in [6, 6.07) is 5.10. The number of benzene rings is 1. The maximum atomic E-state index is 5.97. The normalized spacial score (nSPS) is 11.0. The molecule has 3 aromatic rings. The highest BCUT2D eigenvalue weighted by Crippen LogP contribution is 2.27. The van der Waals surface area contributed by atoms with Crippen LogP contribution in [0.25, 0.3) is 23.0 Å². The summed E-state index contributed by atoms with van der Waals surface area (Å²) in [5.74, 6) is 0.781. The molecular weight excluding hydrogens is 331 g/mol. The summed E-state index contributed by atoms with van der Waals surface area (Å²) < 4.78 is 5.24. The van der Waals surface area contributed by atoms with E-state index >= 15 is 0 Å². The third-order valence-electron chi connectivity index (χ3n) is 2.68. The number of nitrogens with two attached hydrogens (primary N) is 1. The first-order chi connectivity index (χ1) is 10.2. The van der Waals surface area contributed by atoms with Gasteiger partial charge in [0.1, 0.15) is 5.69 Å². The van der Waals surface area contributed by atoms with Crippen LogP contribution in [0.15, 0.2) is 28.1 Å². The van der Waals surface area contributed by atoms with Gasteiger partial charge in [-0.2, -0.15) is 4.98 Å². The standard InChI is InChI=1S/C13H10Cl2N4OS/c14-8-3-7(4-9(15)5-8)12-18-13(20-19-12)10-6-21-11(17-10)1-2-16/h3-6H,1-2,16H2. The molecule has 0 aliphatic heterocycles. The van der Waals surface area contributed by atoms with Gasteiger partial charge < -0.3 is 10.3 Å². The van der Waals surface area contributed by atoms with Crippen molar-refractivity contribution in [1.29, 1.82) is 0 Å². The predicted octanol–water partition coefficient (Wildman–Crippen LogP) is 3.67. The van der Waals surface area contributed by atoms with Crippen molar-refractivity contribution in [1.82, 2.24) is 15.1 Å². The second-order valence-electron chi connectivity index (χ2n) is 4.25. The Balaban J connectivity index is 1.91. The summed E-state index contributed by atoms with van der Waals surface area (Å²) >= 11 is 13.5. The van der Waals surface area contributed by atoms with Crippen LogP contribution >= 0.6 is 34.5 Å². The molecule has 21 heavy (non-hydrogen) atoms. The number of nitrogens with zero attached hydrogens (tertiary/aromatic N) is 3. The number of hydrogen-bond donors (Lipinski definition) is 1. The zero-order valence-electron chi connectivity index (χ0n) is 10.7. The molecule has 0 saturated carbocycles. The molecule has 1 aromatic carbocycles. The van der Waals surface area contributed by atoms with Crippen LogP contribution in [0.3, 0.4) is 0 Å². The Morgan fingerprint density at radius 3 is 2.62 bits per heavy atom. The Morgan fingerprint density at radius 2 is 1.90 bits per heavy atom. The van der Waals surface area contributed by atoms with Crippen molar-refractivity contribution in [3.05, 3.63) is 38.6 Å². The second kappa shape index (κ2) is 6.11. The van der Waals surface area contributed by atoms with Crippen LogP contribution in [0.5, 0.6) is 0 Å². The number of aromatic nitrogens is 3. The molecule has 0 amide bonds. The van der Waals surface area contributed by atoms with Crippen LogP contribution in [0.4, 0.5) is 0 Å². The lowest BCUT2D eigenvalue weighted by atomic mass is 10.2. The van der Waals surface area contributed by atoms with Gasteiger partial charge in [-0.05, 0) is 24.7 Å². The highest BCUT2D eigenvalue weighted by molar-refractivity contribution is 7.09. The lowest BCUT2D eigenvalue weighted by Gasteiger charge is -1.96. The van der Waals surface area contributed by atoms with E-state index in [-0.39, 0.29) is 0 Å². The molecular formula is C13H10Cl2N4OS. The number of hydrogen-bond acceptors (Lipinski definition) is 6. The van der Waals surface area contributed by atoms with Crippen LogP contribution in [0.1, 0.15) is 5.01 Å². The minimum absolute atomic E-state index is 0.362. The van der Waals surface area contributed by atoms with Crippen molar-refractivity contribution in [2.24, 2.45) is 5.73 Å².